The monoisotopic (exact) mass is 328 g/mol. The molecule has 0 heterocycles. The molecule has 0 aliphatic heterocycles. The number of aromatic hydroxyl groups is 1. The van der Waals surface area contributed by atoms with Crippen molar-refractivity contribution in [2.24, 2.45) is 5.73 Å². The average Bonchev–Trinajstić information content (AvgIpc) is 2.54. The first-order valence-corrected chi connectivity index (χ1v) is 7.97. The van der Waals surface area contributed by atoms with Crippen LogP contribution < -0.4 is 5.73 Å². The summed E-state index contributed by atoms with van der Waals surface area (Å²) in [6, 6.07) is 14.8. The number of nitrogens with two attached hydrogens (primary N) is 1. The van der Waals surface area contributed by atoms with E-state index in [2.05, 4.69) is 30.9 Å². The van der Waals surface area contributed by atoms with Gasteiger partial charge in [-0.1, -0.05) is 36.4 Å². The molecule has 0 spiro atoms. The van der Waals surface area contributed by atoms with Crippen LogP contribution in [0.1, 0.15) is 41.4 Å². The Morgan fingerprint density at radius 2 is 1.83 bits per heavy atom. The Labute approximate surface area is 142 Å². The summed E-state index contributed by atoms with van der Waals surface area (Å²) in [5.41, 5.74) is 6.95. The number of carbonyl (C=O) groups is 1. The maximum absolute atomic E-state index is 11.2. The summed E-state index contributed by atoms with van der Waals surface area (Å²) in [7, 11) is 0. The standard InChI is InChI=1S/C19H24N2O3/c1-13(2)21(11-14-6-4-3-5-7-14)12-18(23)15-8-9-16(19(20)24)17(22)10-15/h3-10,13,18,22-23H,11-12H2,1-2H3,(H2,20,24)/t18-/m1/s1. The maximum Gasteiger partial charge on any atom is 0.252 e. The first-order chi connectivity index (χ1) is 11.4. The summed E-state index contributed by atoms with van der Waals surface area (Å²) in [6.45, 7) is 5.29. The van der Waals surface area contributed by atoms with Crippen LogP contribution in [-0.2, 0) is 6.54 Å². The normalized spacial score (nSPS) is 12.5. The molecule has 0 unspecified atom stereocenters. The van der Waals surface area contributed by atoms with Crippen LogP contribution in [0.4, 0.5) is 0 Å². The van der Waals surface area contributed by atoms with Crippen molar-refractivity contribution >= 4 is 5.91 Å². The molecular weight excluding hydrogens is 304 g/mol. The number of rotatable bonds is 7. The highest BCUT2D eigenvalue weighted by atomic mass is 16.3. The van der Waals surface area contributed by atoms with Crippen LogP contribution in [0.25, 0.3) is 0 Å². The third-order valence-corrected chi connectivity index (χ3v) is 4.04. The maximum atomic E-state index is 11.2. The minimum absolute atomic E-state index is 0.0518. The summed E-state index contributed by atoms with van der Waals surface area (Å²) in [5.74, 6) is -0.903. The predicted molar refractivity (Wildman–Crippen MR) is 93.6 cm³/mol. The Kier molecular flexibility index (Phi) is 5.95. The SMILES string of the molecule is CC(C)N(Cc1ccccc1)C[C@@H](O)c1ccc(C(N)=O)c(O)c1. The van der Waals surface area contributed by atoms with Crippen molar-refractivity contribution in [3.05, 3.63) is 65.2 Å². The summed E-state index contributed by atoms with van der Waals surface area (Å²) in [6.07, 6.45) is -0.774. The quantitative estimate of drug-likeness (QED) is 0.728. The smallest absolute Gasteiger partial charge is 0.252 e. The first-order valence-electron chi connectivity index (χ1n) is 7.97. The van der Waals surface area contributed by atoms with Crippen LogP contribution in [0.5, 0.6) is 5.75 Å². The first kappa shape index (κ1) is 18.0. The van der Waals surface area contributed by atoms with Gasteiger partial charge in [-0.3, -0.25) is 9.69 Å². The predicted octanol–water partition coefficient (Wildman–Crippen LogP) is 2.44. The van der Waals surface area contributed by atoms with Crippen LogP contribution in [0.2, 0.25) is 0 Å². The van der Waals surface area contributed by atoms with Crippen molar-refractivity contribution in [1.82, 2.24) is 4.90 Å². The lowest BCUT2D eigenvalue weighted by atomic mass is 10.0. The third-order valence-electron chi connectivity index (χ3n) is 4.04. The molecule has 2 aromatic rings. The van der Waals surface area contributed by atoms with Gasteiger partial charge in [-0.05, 0) is 37.1 Å². The molecule has 1 atom stereocenters. The number of carbonyl (C=O) groups excluding carboxylic acids is 1. The Balaban J connectivity index is 2.11. The minimum atomic E-state index is -0.774. The molecule has 128 valence electrons. The summed E-state index contributed by atoms with van der Waals surface area (Å²) in [5, 5.41) is 20.4. The van der Waals surface area contributed by atoms with Gasteiger partial charge in [0.15, 0.2) is 0 Å². The van der Waals surface area contributed by atoms with Gasteiger partial charge in [-0.25, -0.2) is 0 Å². The summed E-state index contributed by atoms with van der Waals surface area (Å²) >= 11 is 0. The molecule has 1 amide bonds. The third kappa shape index (κ3) is 4.57. The summed E-state index contributed by atoms with van der Waals surface area (Å²) in [4.78, 5) is 13.3. The molecule has 2 aromatic carbocycles. The highest BCUT2D eigenvalue weighted by Crippen LogP contribution is 2.24. The molecule has 0 fully saturated rings. The zero-order valence-corrected chi connectivity index (χ0v) is 14.0. The molecule has 0 aliphatic carbocycles. The lowest BCUT2D eigenvalue weighted by Gasteiger charge is -2.29. The van der Waals surface area contributed by atoms with E-state index in [0.717, 1.165) is 6.54 Å². The van der Waals surface area contributed by atoms with Crippen LogP contribution in [0.3, 0.4) is 0 Å². The second-order valence-corrected chi connectivity index (χ2v) is 6.17. The molecule has 0 saturated heterocycles. The number of phenols is 1. The number of hydrogen-bond acceptors (Lipinski definition) is 4. The fourth-order valence-electron chi connectivity index (χ4n) is 2.57. The minimum Gasteiger partial charge on any atom is -0.507 e. The molecule has 0 saturated carbocycles. The van der Waals surface area contributed by atoms with Crippen molar-refractivity contribution in [2.75, 3.05) is 6.54 Å². The van der Waals surface area contributed by atoms with Crippen molar-refractivity contribution in [3.8, 4) is 5.75 Å². The Morgan fingerprint density at radius 3 is 2.38 bits per heavy atom. The van der Waals surface area contributed by atoms with E-state index in [4.69, 9.17) is 5.73 Å². The van der Waals surface area contributed by atoms with E-state index >= 15 is 0 Å². The van der Waals surface area contributed by atoms with E-state index in [0.29, 0.717) is 12.1 Å². The van der Waals surface area contributed by atoms with Gasteiger partial charge in [-0.15, -0.1) is 0 Å². The average molecular weight is 328 g/mol. The number of aliphatic hydroxyl groups is 1. The largest absolute Gasteiger partial charge is 0.507 e. The molecule has 24 heavy (non-hydrogen) atoms. The van der Waals surface area contributed by atoms with Gasteiger partial charge in [0.25, 0.3) is 5.91 Å². The van der Waals surface area contributed by atoms with Gasteiger partial charge >= 0.3 is 0 Å². The van der Waals surface area contributed by atoms with Crippen LogP contribution >= 0.6 is 0 Å². The molecule has 2 rings (SSSR count). The molecular formula is C19H24N2O3. The zero-order chi connectivity index (χ0) is 17.7. The summed E-state index contributed by atoms with van der Waals surface area (Å²) < 4.78 is 0. The molecule has 0 aliphatic rings. The van der Waals surface area contributed by atoms with E-state index in [9.17, 15) is 15.0 Å². The number of amides is 1. The van der Waals surface area contributed by atoms with Crippen LogP contribution in [-0.4, -0.2) is 33.6 Å². The fraction of sp³-hybridized carbons (Fsp3) is 0.316. The number of primary amides is 1. The van der Waals surface area contributed by atoms with Gasteiger partial charge in [-0.2, -0.15) is 0 Å². The highest BCUT2D eigenvalue weighted by Gasteiger charge is 2.18. The van der Waals surface area contributed by atoms with Gasteiger partial charge in [0.1, 0.15) is 5.75 Å². The van der Waals surface area contributed by atoms with Gasteiger partial charge in [0, 0.05) is 19.1 Å². The van der Waals surface area contributed by atoms with Gasteiger partial charge < -0.3 is 15.9 Å². The van der Waals surface area contributed by atoms with E-state index in [1.54, 1.807) is 6.07 Å². The number of hydrogen-bond donors (Lipinski definition) is 3. The Bertz CT molecular complexity index is 686. The number of benzene rings is 2. The van der Waals surface area contributed by atoms with Crippen molar-refractivity contribution in [2.45, 2.75) is 32.5 Å². The lowest BCUT2D eigenvalue weighted by molar-refractivity contribution is 0.0904. The Morgan fingerprint density at radius 1 is 1.17 bits per heavy atom. The highest BCUT2D eigenvalue weighted by molar-refractivity contribution is 5.95. The topological polar surface area (TPSA) is 86.8 Å². The van der Waals surface area contributed by atoms with E-state index < -0.39 is 12.0 Å². The van der Waals surface area contributed by atoms with E-state index in [1.165, 1.54) is 17.7 Å². The lowest BCUT2D eigenvalue weighted by Crippen LogP contribution is -2.34. The molecule has 4 N–H and O–H groups in total. The molecule has 0 bridgehead atoms. The molecule has 0 radical (unpaired) electrons. The van der Waals surface area contributed by atoms with Gasteiger partial charge in [0.2, 0.25) is 0 Å². The molecule has 5 heteroatoms. The number of aliphatic hydroxyl groups excluding tert-OH is 1. The Hall–Kier alpha value is -2.37. The number of nitrogens with zero attached hydrogens (tertiary/aromatic N) is 1. The fourth-order valence-corrected chi connectivity index (χ4v) is 2.57. The van der Waals surface area contributed by atoms with Crippen molar-refractivity contribution in [3.63, 3.8) is 0 Å². The van der Waals surface area contributed by atoms with E-state index in [-0.39, 0.29) is 17.4 Å². The second-order valence-electron chi connectivity index (χ2n) is 6.17. The van der Waals surface area contributed by atoms with Crippen molar-refractivity contribution < 1.29 is 15.0 Å². The van der Waals surface area contributed by atoms with Crippen molar-refractivity contribution in [1.29, 1.82) is 0 Å². The zero-order valence-electron chi connectivity index (χ0n) is 14.0. The molecule has 5 nitrogen and oxygen atoms in total. The second kappa shape index (κ2) is 7.95. The van der Waals surface area contributed by atoms with E-state index in [1.807, 2.05) is 18.2 Å². The molecule has 0 aromatic heterocycles. The van der Waals surface area contributed by atoms with Crippen LogP contribution in [0.15, 0.2) is 48.5 Å². The van der Waals surface area contributed by atoms with Gasteiger partial charge in [0.05, 0.1) is 11.7 Å². The van der Waals surface area contributed by atoms with Crippen LogP contribution in [0, 0.1) is 0 Å².